The van der Waals surface area contributed by atoms with Crippen molar-refractivity contribution in [3.05, 3.63) is 40.9 Å². The Morgan fingerprint density at radius 2 is 2.04 bits per heavy atom. The molecule has 1 fully saturated rings. The number of hydrogen-bond acceptors (Lipinski definition) is 5. The van der Waals surface area contributed by atoms with Gasteiger partial charge in [0.2, 0.25) is 5.95 Å². The Labute approximate surface area is 148 Å². The van der Waals surface area contributed by atoms with Crippen molar-refractivity contribution in [2.24, 2.45) is 0 Å². The van der Waals surface area contributed by atoms with E-state index >= 15 is 0 Å². The molecule has 0 bridgehead atoms. The highest BCUT2D eigenvalue weighted by atomic mass is 79.9. The van der Waals surface area contributed by atoms with Gasteiger partial charge in [-0.1, -0.05) is 0 Å². The molecule has 1 saturated heterocycles. The normalized spacial score (nSPS) is 16.8. The number of nitrogens with two attached hydrogens (primary N) is 1. The van der Waals surface area contributed by atoms with Crippen LogP contribution in [0.2, 0.25) is 0 Å². The molecule has 0 spiro atoms. The third-order valence-corrected chi connectivity index (χ3v) is 5.19. The first-order valence-electron chi connectivity index (χ1n) is 8.06. The van der Waals surface area contributed by atoms with Crippen LogP contribution in [-0.2, 0) is 0 Å². The van der Waals surface area contributed by atoms with E-state index in [4.69, 9.17) is 5.73 Å². The first kappa shape index (κ1) is 15.5. The lowest BCUT2D eigenvalue weighted by molar-refractivity contribution is 0.256. The van der Waals surface area contributed by atoms with Crippen molar-refractivity contribution >= 4 is 32.8 Å². The minimum absolute atomic E-state index is 0.281. The second-order valence-electron chi connectivity index (χ2n) is 6.33. The summed E-state index contributed by atoms with van der Waals surface area (Å²) in [6, 6.07) is 3.91. The van der Waals surface area contributed by atoms with Gasteiger partial charge in [-0.15, -0.1) is 0 Å². The standard InChI is InChI=1S/C17H19BrN6/c1-23-6-3-11(4-7-23)13-10-24(16-2-5-20-17(19)22-16)14-8-15(18)21-9-12(13)14/h2,5,8-11H,3-4,6-7H2,1H3,(H2,19,20,22). The van der Waals surface area contributed by atoms with Gasteiger partial charge in [-0.05, 0) is 72.5 Å². The third kappa shape index (κ3) is 2.78. The van der Waals surface area contributed by atoms with Gasteiger partial charge < -0.3 is 15.2 Å². The van der Waals surface area contributed by atoms with E-state index in [1.807, 2.05) is 18.3 Å². The molecule has 0 amide bonds. The number of fused-ring (bicyclic) bond motifs is 1. The molecule has 2 N–H and O–H groups in total. The summed E-state index contributed by atoms with van der Waals surface area (Å²) in [7, 11) is 2.18. The van der Waals surface area contributed by atoms with Gasteiger partial charge in [-0.3, -0.25) is 0 Å². The second kappa shape index (κ2) is 6.14. The Kier molecular flexibility index (Phi) is 3.97. The Balaban J connectivity index is 1.86. The van der Waals surface area contributed by atoms with E-state index in [0.29, 0.717) is 5.92 Å². The molecule has 0 radical (unpaired) electrons. The quantitative estimate of drug-likeness (QED) is 0.685. The monoisotopic (exact) mass is 386 g/mol. The van der Waals surface area contributed by atoms with Crippen LogP contribution < -0.4 is 5.73 Å². The fraction of sp³-hybridized carbons (Fsp3) is 0.353. The van der Waals surface area contributed by atoms with E-state index in [1.54, 1.807) is 6.20 Å². The van der Waals surface area contributed by atoms with Crippen molar-refractivity contribution in [2.45, 2.75) is 18.8 Å². The zero-order valence-corrected chi connectivity index (χ0v) is 15.1. The summed E-state index contributed by atoms with van der Waals surface area (Å²) >= 11 is 3.48. The van der Waals surface area contributed by atoms with Gasteiger partial charge in [0.15, 0.2) is 0 Å². The predicted octanol–water partition coefficient (Wildman–Crippen LogP) is 2.97. The molecule has 0 saturated carbocycles. The van der Waals surface area contributed by atoms with Crippen molar-refractivity contribution < 1.29 is 0 Å². The Bertz CT molecular complexity index is 882. The van der Waals surface area contributed by atoms with Crippen molar-refractivity contribution in [1.29, 1.82) is 0 Å². The minimum Gasteiger partial charge on any atom is -0.368 e. The van der Waals surface area contributed by atoms with E-state index in [0.717, 1.165) is 41.9 Å². The highest BCUT2D eigenvalue weighted by Crippen LogP contribution is 2.35. The Hall–Kier alpha value is -1.99. The van der Waals surface area contributed by atoms with Gasteiger partial charge in [-0.2, -0.15) is 4.98 Å². The maximum atomic E-state index is 5.77. The van der Waals surface area contributed by atoms with E-state index in [2.05, 4.69) is 53.6 Å². The summed E-state index contributed by atoms with van der Waals surface area (Å²) in [5.41, 5.74) is 8.20. The highest BCUT2D eigenvalue weighted by Gasteiger charge is 2.23. The predicted molar refractivity (Wildman–Crippen MR) is 98.2 cm³/mol. The molecule has 6 nitrogen and oxygen atoms in total. The van der Waals surface area contributed by atoms with Gasteiger partial charge in [-0.25, -0.2) is 9.97 Å². The van der Waals surface area contributed by atoms with Crippen LogP contribution in [-0.4, -0.2) is 44.6 Å². The van der Waals surface area contributed by atoms with Gasteiger partial charge in [0, 0.05) is 24.0 Å². The number of piperidine rings is 1. The number of aromatic nitrogens is 4. The van der Waals surface area contributed by atoms with Crippen LogP contribution in [0.25, 0.3) is 16.7 Å². The summed E-state index contributed by atoms with van der Waals surface area (Å²) in [6.45, 7) is 2.25. The highest BCUT2D eigenvalue weighted by molar-refractivity contribution is 9.10. The molecule has 4 rings (SSSR count). The number of anilines is 1. The van der Waals surface area contributed by atoms with Crippen LogP contribution >= 0.6 is 15.9 Å². The van der Waals surface area contributed by atoms with Gasteiger partial charge in [0.1, 0.15) is 10.4 Å². The summed E-state index contributed by atoms with van der Waals surface area (Å²) in [6.07, 6.45) is 8.16. The average molecular weight is 387 g/mol. The van der Waals surface area contributed by atoms with E-state index in [9.17, 15) is 0 Å². The van der Waals surface area contributed by atoms with Crippen molar-refractivity contribution in [3.8, 4) is 5.82 Å². The number of likely N-dealkylation sites (tertiary alicyclic amines) is 1. The minimum atomic E-state index is 0.281. The lowest BCUT2D eigenvalue weighted by atomic mass is 9.90. The molecule has 0 aromatic carbocycles. The zero-order chi connectivity index (χ0) is 16.7. The molecule has 7 heteroatoms. The summed E-state index contributed by atoms with van der Waals surface area (Å²) < 4.78 is 2.90. The second-order valence-corrected chi connectivity index (χ2v) is 7.14. The molecule has 0 aliphatic carbocycles. The van der Waals surface area contributed by atoms with Crippen LogP contribution in [0.5, 0.6) is 0 Å². The van der Waals surface area contributed by atoms with Crippen molar-refractivity contribution in [3.63, 3.8) is 0 Å². The van der Waals surface area contributed by atoms with Crippen molar-refractivity contribution in [2.75, 3.05) is 25.9 Å². The fourth-order valence-electron chi connectivity index (χ4n) is 3.45. The summed E-state index contributed by atoms with van der Waals surface area (Å²) in [4.78, 5) is 15.2. The fourth-order valence-corrected chi connectivity index (χ4v) is 3.77. The third-order valence-electron chi connectivity index (χ3n) is 4.75. The summed E-state index contributed by atoms with van der Waals surface area (Å²) in [5.74, 6) is 1.61. The Morgan fingerprint density at radius 1 is 1.25 bits per heavy atom. The molecular weight excluding hydrogens is 368 g/mol. The van der Waals surface area contributed by atoms with E-state index in [1.165, 1.54) is 10.9 Å². The number of pyridine rings is 1. The zero-order valence-electron chi connectivity index (χ0n) is 13.5. The molecule has 3 aromatic rings. The van der Waals surface area contributed by atoms with Crippen LogP contribution in [0.15, 0.2) is 35.3 Å². The maximum absolute atomic E-state index is 5.77. The topological polar surface area (TPSA) is 72.9 Å². The Morgan fingerprint density at radius 3 is 2.79 bits per heavy atom. The van der Waals surface area contributed by atoms with Gasteiger partial charge >= 0.3 is 0 Å². The number of nitrogen functional groups attached to an aromatic ring is 1. The number of nitrogens with zero attached hydrogens (tertiary/aromatic N) is 5. The molecular formula is C17H19BrN6. The van der Waals surface area contributed by atoms with Crippen LogP contribution in [0, 0.1) is 0 Å². The molecule has 1 aliphatic rings. The molecule has 0 atom stereocenters. The lowest BCUT2D eigenvalue weighted by Crippen LogP contribution is -2.29. The molecule has 0 unspecified atom stereocenters. The smallest absolute Gasteiger partial charge is 0.221 e. The largest absolute Gasteiger partial charge is 0.368 e. The van der Waals surface area contributed by atoms with Gasteiger partial charge in [0.05, 0.1) is 5.52 Å². The number of rotatable bonds is 2. The number of halogens is 1. The first-order valence-corrected chi connectivity index (χ1v) is 8.85. The van der Waals surface area contributed by atoms with Crippen LogP contribution in [0.3, 0.4) is 0 Å². The molecule has 124 valence electrons. The first-order chi connectivity index (χ1) is 11.6. The molecule has 4 heterocycles. The van der Waals surface area contributed by atoms with Crippen LogP contribution in [0.1, 0.15) is 24.3 Å². The van der Waals surface area contributed by atoms with E-state index in [-0.39, 0.29) is 5.95 Å². The van der Waals surface area contributed by atoms with Gasteiger partial charge in [0.25, 0.3) is 0 Å². The molecule has 1 aliphatic heterocycles. The van der Waals surface area contributed by atoms with E-state index < -0.39 is 0 Å². The summed E-state index contributed by atoms with van der Waals surface area (Å²) in [5, 5.41) is 1.19. The van der Waals surface area contributed by atoms with Crippen LogP contribution in [0.4, 0.5) is 5.95 Å². The molecule has 24 heavy (non-hydrogen) atoms. The lowest BCUT2D eigenvalue weighted by Gasteiger charge is -2.28. The molecule has 3 aromatic heterocycles. The van der Waals surface area contributed by atoms with Crippen molar-refractivity contribution in [1.82, 2.24) is 24.4 Å². The average Bonchev–Trinajstić information content (AvgIpc) is 2.94. The SMILES string of the molecule is CN1CCC(c2cn(-c3ccnc(N)n3)c3cc(Br)ncc23)CC1. The maximum Gasteiger partial charge on any atom is 0.221 e. The number of hydrogen-bond donors (Lipinski definition) is 1.